The number of amides is 1. The molecule has 29 heavy (non-hydrogen) atoms. The molecule has 0 saturated carbocycles. The number of hydrogen-bond donors (Lipinski definition) is 2. The number of benzene rings is 2. The van der Waals surface area contributed by atoms with E-state index in [2.05, 4.69) is 5.48 Å². The largest absolute Gasteiger partial charge is 0.478 e. The van der Waals surface area contributed by atoms with Crippen LogP contribution < -0.4 is 10.4 Å². The van der Waals surface area contributed by atoms with Crippen LogP contribution in [0, 0.1) is 0 Å². The number of carboxylic acid groups (broad SMARTS) is 1. The lowest BCUT2D eigenvalue weighted by Crippen LogP contribution is -2.43. The van der Waals surface area contributed by atoms with Gasteiger partial charge in [0.15, 0.2) is 0 Å². The van der Waals surface area contributed by atoms with E-state index in [9.17, 15) is 22.8 Å². The number of carbonyl (C=O) groups is 2. The quantitative estimate of drug-likeness (QED) is 0.741. The summed E-state index contributed by atoms with van der Waals surface area (Å²) in [5.41, 5.74) is 3.01. The van der Waals surface area contributed by atoms with Crippen molar-refractivity contribution in [3.63, 3.8) is 0 Å². The molecular weight excluding hydrogens is 389 g/mol. The Bertz CT molecular complexity index is 882. The Hall–Kier alpha value is -3.07. The van der Waals surface area contributed by atoms with E-state index < -0.39 is 23.8 Å². The number of carboxylic acids is 1. The SMILES string of the molecule is CONC(=O)[C@@H]1CC(c2ccc(C(F)(F)F)cc2)CN1c1ccc(C(=O)O)cc1. The van der Waals surface area contributed by atoms with Gasteiger partial charge in [-0.3, -0.25) is 9.63 Å². The third-order valence-electron chi connectivity index (χ3n) is 4.96. The van der Waals surface area contributed by atoms with E-state index >= 15 is 0 Å². The zero-order valence-electron chi connectivity index (χ0n) is 15.4. The van der Waals surface area contributed by atoms with Gasteiger partial charge in [-0.25, -0.2) is 10.3 Å². The molecule has 1 unspecified atom stereocenters. The summed E-state index contributed by atoms with van der Waals surface area (Å²) in [6, 6.07) is 10.4. The van der Waals surface area contributed by atoms with Gasteiger partial charge in [0.05, 0.1) is 18.2 Å². The van der Waals surface area contributed by atoms with E-state index in [0.717, 1.165) is 12.1 Å². The fraction of sp³-hybridized carbons (Fsp3) is 0.300. The van der Waals surface area contributed by atoms with Crippen LogP contribution in [0.5, 0.6) is 0 Å². The first-order valence-corrected chi connectivity index (χ1v) is 8.80. The molecule has 0 aliphatic carbocycles. The lowest BCUT2D eigenvalue weighted by atomic mass is 9.95. The van der Waals surface area contributed by atoms with Crippen LogP contribution in [0.1, 0.15) is 33.8 Å². The zero-order valence-corrected chi connectivity index (χ0v) is 15.4. The topological polar surface area (TPSA) is 78.9 Å². The van der Waals surface area contributed by atoms with Gasteiger partial charge in [-0.05, 0) is 48.4 Å². The van der Waals surface area contributed by atoms with Gasteiger partial charge in [0.25, 0.3) is 5.91 Å². The molecule has 0 spiro atoms. The number of aromatic carboxylic acids is 1. The van der Waals surface area contributed by atoms with E-state index in [1.165, 1.54) is 31.4 Å². The van der Waals surface area contributed by atoms with Crippen molar-refractivity contribution < 1.29 is 32.7 Å². The molecule has 1 amide bonds. The molecule has 1 aliphatic rings. The molecule has 1 heterocycles. The Morgan fingerprint density at radius 2 is 1.72 bits per heavy atom. The number of alkyl halides is 3. The standard InChI is InChI=1S/C20H19F3N2O4/c1-29-24-18(26)17-10-14(12-2-6-15(7-3-12)20(21,22)23)11-25(17)16-8-4-13(5-9-16)19(27)28/h2-9,14,17H,10-11H2,1H3,(H,24,26)(H,27,28)/t14?,17-/m0/s1. The maximum Gasteiger partial charge on any atom is 0.416 e. The fourth-order valence-electron chi connectivity index (χ4n) is 3.52. The van der Waals surface area contributed by atoms with Crippen molar-refractivity contribution in [1.29, 1.82) is 0 Å². The van der Waals surface area contributed by atoms with Crippen molar-refractivity contribution in [2.24, 2.45) is 0 Å². The number of nitrogens with one attached hydrogen (secondary N) is 1. The number of halogens is 3. The molecule has 0 aromatic heterocycles. The van der Waals surface area contributed by atoms with E-state index in [1.54, 1.807) is 17.0 Å². The second-order valence-corrected chi connectivity index (χ2v) is 6.74. The molecule has 154 valence electrons. The summed E-state index contributed by atoms with van der Waals surface area (Å²) < 4.78 is 38.4. The van der Waals surface area contributed by atoms with Crippen LogP contribution in [0.3, 0.4) is 0 Å². The molecule has 0 radical (unpaired) electrons. The van der Waals surface area contributed by atoms with Crippen molar-refractivity contribution in [2.75, 3.05) is 18.6 Å². The summed E-state index contributed by atoms with van der Waals surface area (Å²) in [6.45, 7) is 0.388. The number of rotatable bonds is 5. The molecule has 2 atom stereocenters. The molecule has 2 aromatic carbocycles. The highest BCUT2D eigenvalue weighted by Crippen LogP contribution is 2.37. The molecular formula is C20H19F3N2O4. The van der Waals surface area contributed by atoms with Gasteiger partial charge < -0.3 is 10.0 Å². The molecule has 1 aliphatic heterocycles. The van der Waals surface area contributed by atoms with Crippen LogP contribution in [-0.2, 0) is 15.8 Å². The maximum absolute atomic E-state index is 12.8. The average molecular weight is 408 g/mol. The van der Waals surface area contributed by atoms with Gasteiger partial charge in [-0.1, -0.05) is 12.1 Å². The zero-order chi connectivity index (χ0) is 21.2. The van der Waals surface area contributed by atoms with Gasteiger partial charge in [0, 0.05) is 18.2 Å². The van der Waals surface area contributed by atoms with Crippen molar-refractivity contribution in [3.05, 3.63) is 65.2 Å². The molecule has 2 N–H and O–H groups in total. The molecule has 1 saturated heterocycles. The van der Waals surface area contributed by atoms with Crippen LogP contribution >= 0.6 is 0 Å². The van der Waals surface area contributed by atoms with Crippen molar-refractivity contribution in [2.45, 2.75) is 24.6 Å². The van der Waals surface area contributed by atoms with Crippen LogP contribution in [0.2, 0.25) is 0 Å². The lowest BCUT2D eigenvalue weighted by Gasteiger charge is -2.25. The Labute approximate surface area is 164 Å². The minimum atomic E-state index is -4.41. The predicted octanol–water partition coefficient (Wildman–Crippen LogP) is 3.44. The summed E-state index contributed by atoms with van der Waals surface area (Å²) in [7, 11) is 1.31. The smallest absolute Gasteiger partial charge is 0.416 e. The fourth-order valence-corrected chi connectivity index (χ4v) is 3.52. The molecule has 1 fully saturated rings. The summed E-state index contributed by atoms with van der Waals surface area (Å²) in [6.07, 6.45) is -4.03. The number of hydroxylamine groups is 1. The minimum Gasteiger partial charge on any atom is -0.478 e. The first-order chi connectivity index (χ1) is 13.7. The van der Waals surface area contributed by atoms with Gasteiger partial charge in [-0.2, -0.15) is 13.2 Å². The molecule has 2 aromatic rings. The highest BCUT2D eigenvalue weighted by Gasteiger charge is 2.38. The molecule has 6 nitrogen and oxygen atoms in total. The summed E-state index contributed by atoms with van der Waals surface area (Å²) >= 11 is 0. The molecule has 9 heteroatoms. The number of anilines is 1. The summed E-state index contributed by atoms with van der Waals surface area (Å²) in [5.74, 6) is -1.62. The predicted molar refractivity (Wildman–Crippen MR) is 98.5 cm³/mol. The van der Waals surface area contributed by atoms with Gasteiger partial charge in [-0.15, -0.1) is 0 Å². The first kappa shape index (κ1) is 20.7. The third-order valence-corrected chi connectivity index (χ3v) is 4.96. The Morgan fingerprint density at radius 3 is 2.24 bits per heavy atom. The van der Waals surface area contributed by atoms with Gasteiger partial charge in [0.1, 0.15) is 6.04 Å². The van der Waals surface area contributed by atoms with Crippen molar-refractivity contribution in [1.82, 2.24) is 5.48 Å². The minimum absolute atomic E-state index is 0.116. The Morgan fingerprint density at radius 1 is 1.10 bits per heavy atom. The van der Waals surface area contributed by atoms with Crippen LogP contribution in [0.4, 0.5) is 18.9 Å². The average Bonchev–Trinajstić information content (AvgIpc) is 3.13. The lowest BCUT2D eigenvalue weighted by molar-refractivity contribution is -0.137. The van der Waals surface area contributed by atoms with E-state index in [-0.39, 0.29) is 17.4 Å². The van der Waals surface area contributed by atoms with Crippen LogP contribution in [0.25, 0.3) is 0 Å². The first-order valence-electron chi connectivity index (χ1n) is 8.80. The van der Waals surface area contributed by atoms with Crippen molar-refractivity contribution in [3.8, 4) is 0 Å². The normalized spacial score (nSPS) is 19.2. The molecule has 3 rings (SSSR count). The Balaban J connectivity index is 1.86. The van der Waals surface area contributed by atoms with E-state index in [4.69, 9.17) is 9.94 Å². The number of carbonyl (C=O) groups excluding carboxylic acids is 1. The second kappa shape index (κ2) is 8.12. The maximum atomic E-state index is 12.8. The highest BCUT2D eigenvalue weighted by molar-refractivity contribution is 5.89. The second-order valence-electron chi connectivity index (χ2n) is 6.74. The number of hydrogen-bond acceptors (Lipinski definition) is 4. The third kappa shape index (κ3) is 4.51. The van der Waals surface area contributed by atoms with Crippen LogP contribution in [0.15, 0.2) is 48.5 Å². The van der Waals surface area contributed by atoms with Gasteiger partial charge >= 0.3 is 12.1 Å². The number of nitrogens with zero attached hydrogens (tertiary/aromatic N) is 1. The van der Waals surface area contributed by atoms with E-state index in [1.807, 2.05) is 0 Å². The highest BCUT2D eigenvalue weighted by atomic mass is 19.4. The van der Waals surface area contributed by atoms with Crippen LogP contribution in [-0.4, -0.2) is 36.7 Å². The monoisotopic (exact) mass is 408 g/mol. The Kier molecular flexibility index (Phi) is 5.78. The van der Waals surface area contributed by atoms with Gasteiger partial charge in [0.2, 0.25) is 0 Å². The van der Waals surface area contributed by atoms with E-state index in [0.29, 0.717) is 24.2 Å². The van der Waals surface area contributed by atoms with Crippen molar-refractivity contribution >= 4 is 17.6 Å². The summed E-state index contributed by atoms with van der Waals surface area (Å²) in [4.78, 5) is 30.0. The molecule has 0 bridgehead atoms. The summed E-state index contributed by atoms with van der Waals surface area (Å²) in [5, 5.41) is 9.05.